The molecule has 0 bridgehead atoms. The lowest BCUT2D eigenvalue weighted by Crippen LogP contribution is -2.63. The summed E-state index contributed by atoms with van der Waals surface area (Å²) in [7, 11) is 0. The topological polar surface area (TPSA) is 130 Å². The van der Waals surface area contributed by atoms with Crippen LogP contribution in [-0.2, 0) is 32.0 Å². The number of amides is 4. The highest BCUT2D eigenvalue weighted by Crippen LogP contribution is 2.12. The Morgan fingerprint density at radius 2 is 1.59 bits per heavy atom. The number of hydrogen-bond acceptors (Lipinski definition) is 4. The second-order valence-corrected chi connectivity index (χ2v) is 8.16. The summed E-state index contributed by atoms with van der Waals surface area (Å²) in [6.45, 7) is 3.95. The minimum absolute atomic E-state index is 0.241. The van der Waals surface area contributed by atoms with Crippen molar-refractivity contribution < 1.29 is 19.2 Å². The van der Waals surface area contributed by atoms with Gasteiger partial charge in [-0.05, 0) is 36.1 Å². The lowest BCUT2D eigenvalue weighted by Gasteiger charge is -2.29. The predicted octanol–water partition coefficient (Wildman–Crippen LogP) is 0.432. The van der Waals surface area contributed by atoms with E-state index in [-0.39, 0.29) is 18.7 Å². The molecule has 0 aliphatic carbocycles. The average molecular weight is 437 g/mol. The maximum absolute atomic E-state index is 12.5. The van der Waals surface area contributed by atoms with Gasteiger partial charge in [-0.15, -0.1) is 0 Å². The first-order chi connectivity index (χ1) is 15.2. The number of nitrogens with two attached hydrogens (primary N) is 1. The van der Waals surface area contributed by atoms with E-state index in [1.54, 1.807) is 0 Å². The van der Waals surface area contributed by atoms with Crippen LogP contribution in [0.3, 0.4) is 0 Å². The maximum atomic E-state index is 12.5. The molecule has 0 aromatic heterocycles. The number of nitrogens with one attached hydrogen (secondary N) is 3. The fourth-order valence-electron chi connectivity index (χ4n) is 3.64. The minimum Gasteiger partial charge on any atom is -0.368 e. The van der Waals surface area contributed by atoms with Crippen LogP contribution in [0.4, 0.5) is 0 Å². The standard InChI is InChI=1S/C24H28N4O4/c1-14-8-9-17(10-15(14)2)12-18(22(25)30)26-21(29)13-20-24(32)27-19(23(31)28-20)11-16-6-4-3-5-7-16/h3-10,18-20H,11-13H2,1-2H3,(H2,25,30)(H,26,29)(H,27,32)(H,28,31)/t18-,19+,20+/m1/s1. The first-order valence-electron chi connectivity index (χ1n) is 10.5. The number of aryl methyl sites for hydroxylation is 2. The third-order valence-corrected chi connectivity index (χ3v) is 5.63. The van der Waals surface area contributed by atoms with E-state index in [0.29, 0.717) is 6.42 Å². The van der Waals surface area contributed by atoms with E-state index in [2.05, 4.69) is 16.0 Å². The van der Waals surface area contributed by atoms with Crippen LogP contribution in [0, 0.1) is 13.8 Å². The van der Waals surface area contributed by atoms with Gasteiger partial charge in [-0.25, -0.2) is 0 Å². The first-order valence-corrected chi connectivity index (χ1v) is 10.5. The molecule has 2 aromatic carbocycles. The van der Waals surface area contributed by atoms with Gasteiger partial charge in [0.25, 0.3) is 0 Å². The molecule has 5 N–H and O–H groups in total. The molecule has 3 atom stereocenters. The van der Waals surface area contributed by atoms with Gasteiger partial charge in [-0.3, -0.25) is 19.2 Å². The minimum atomic E-state index is -1.01. The van der Waals surface area contributed by atoms with Gasteiger partial charge < -0.3 is 21.7 Å². The van der Waals surface area contributed by atoms with Crippen molar-refractivity contribution in [2.45, 2.75) is 51.2 Å². The Balaban J connectivity index is 1.57. The molecule has 8 nitrogen and oxygen atoms in total. The van der Waals surface area contributed by atoms with Crippen molar-refractivity contribution in [3.05, 3.63) is 70.8 Å². The van der Waals surface area contributed by atoms with Crippen LogP contribution in [0.5, 0.6) is 0 Å². The SMILES string of the molecule is Cc1ccc(C[C@@H](NC(=O)C[C@@H]2NC(=O)[C@H](Cc3ccccc3)NC2=O)C(N)=O)cc1C. The van der Waals surface area contributed by atoms with Crippen LogP contribution in [0.1, 0.15) is 28.7 Å². The monoisotopic (exact) mass is 436 g/mol. The number of carbonyl (C=O) groups is 4. The van der Waals surface area contributed by atoms with Crippen LogP contribution in [0.2, 0.25) is 0 Å². The van der Waals surface area contributed by atoms with Gasteiger partial charge in [-0.2, -0.15) is 0 Å². The molecule has 1 saturated heterocycles. The largest absolute Gasteiger partial charge is 0.368 e. The second kappa shape index (κ2) is 10.1. The molecule has 3 rings (SSSR count). The molecule has 4 amide bonds. The molecule has 1 heterocycles. The van der Waals surface area contributed by atoms with E-state index < -0.39 is 35.8 Å². The van der Waals surface area contributed by atoms with E-state index in [1.807, 2.05) is 62.4 Å². The van der Waals surface area contributed by atoms with Crippen molar-refractivity contribution in [2.75, 3.05) is 0 Å². The zero-order valence-corrected chi connectivity index (χ0v) is 18.2. The van der Waals surface area contributed by atoms with Crippen LogP contribution < -0.4 is 21.7 Å². The summed E-state index contributed by atoms with van der Waals surface area (Å²) in [4.78, 5) is 49.3. The summed E-state index contributed by atoms with van der Waals surface area (Å²) in [5, 5.41) is 7.87. The second-order valence-electron chi connectivity index (χ2n) is 8.16. The Morgan fingerprint density at radius 1 is 0.938 bits per heavy atom. The highest BCUT2D eigenvalue weighted by atomic mass is 16.2. The van der Waals surface area contributed by atoms with Gasteiger partial charge in [0.15, 0.2) is 0 Å². The van der Waals surface area contributed by atoms with E-state index in [0.717, 1.165) is 22.3 Å². The molecule has 8 heteroatoms. The molecule has 1 aliphatic rings. The van der Waals surface area contributed by atoms with Gasteiger partial charge >= 0.3 is 0 Å². The highest BCUT2D eigenvalue weighted by Gasteiger charge is 2.35. The summed E-state index contributed by atoms with van der Waals surface area (Å²) in [6.07, 6.45) is 0.313. The molecular weight excluding hydrogens is 408 g/mol. The summed E-state index contributed by atoms with van der Waals surface area (Å²) >= 11 is 0. The van der Waals surface area contributed by atoms with Gasteiger partial charge in [0.1, 0.15) is 18.1 Å². The Labute approximate surface area is 186 Å². The van der Waals surface area contributed by atoms with E-state index in [4.69, 9.17) is 5.73 Å². The van der Waals surface area contributed by atoms with E-state index in [9.17, 15) is 19.2 Å². The van der Waals surface area contributed by atoms with Crippen LogP contribution in [-0.4, -0.2) is 41.8 Å². The summed E-state index contributed by atoms with van der Waals surface area (Å²) in [5.41, 5.74) is 9.45. The fourth-order valence-corrected chi connectivity index (χ4v) is 3.64. The van der Waals surface area contributed by atoms with E-state index in [1.165, 1.54) is 0 Å². The van der Waals surface area contributed by atoms with Gasteiger partial charge in [0, 0.05) is 12.8 Å². The predicted molar refractivity (Wildman–Crippen MR) is 119 cm³/mol. The van der Waals surface area contributed by atoms with Crippen molar-refractivity contribution >= 4 is 23.6 Å². The Morgan fingerprint density at radius 3 is 2.25 bits per heavy atom. The zero-order valence-electron chi connectivity index (χ0n) is 18.2. The maximum Gasteiger partial charge on any atom is 0.243 e. The number of primary amides is 1. The molecular formula is C24H28N4O4. The third-order valence-electron chi connectivity index (χ3n) is 5.63. The van der Waals surface area contributed by atoms with Gasteiger partial charge in [0.2, 0.25) is 23.6 Å². The summed E-state index contributed by atoms with van der Waals surface area (Å²) in [6, 6.07) is 12.5. The lowest BCUT2D eigenvalue weighted by molar-refractivity contribution is -0.138. The molecule has 1 aliphatic heterocycles. The summed E-state index contributed by atoms with van der Waals surface area (Å²) < 4.78 is 0. The normalized spacial score (nSPS) is 18.9. The summed E-state index contributed by atoms with van der Waals surface area (Å²) in [5.74, 6) is -2.01. The molecule has 0 saturated carbocycles. The number of hydrogen-bond donors (Lipinski definition) is 4. The van der Waals surface area contributed by atoms with Crippen molar-refractivity contribution in [1.82, 2.24) is 16.0 Å². The molecule has 0 spiro atoms. The zero-order chi connectivity index (χ0) is 23.3. The Hall–Kier alpha value is -3.68. The van der Waals surface area contributed by atoms with Crippen molar-refractivity contribution in [1.29, 1.82) is 0 Å². The highest BCUT2D eigenvalue weighted by molar-refractivity contribution is 5.99. The van der Waals surface area contributed by atoms with Gasteiger partial charge in [-0.1, -0.05) is 48.5 Å². The van der Waals surface area contributed by atoms with Crippen molar-refractivity contribution in [3.63, 3.8) is 0 Å². The molecule has 32 heavy (non-hydrogen) atoms. The molecule has 168 valence electrons. The number of benzene rings is 2. The Bertz CT molecular complexity index is 1020. The molecule has 0 unspecified atom stereocenters. The molecule has 1 fully saturated rings. The third kappa shape index (κ3) is 5.94. The first kappa shape index (κ1) is 23.0. The number of carbonyl (C=O) groups excluding carboxylic acids is 4. The van der Waals surface area contributed by atoms with Crippen LogP contribution in [0.15, 0.2) is 48.5 Å². The molecule has 2 aromatic rings. The quantitative estimate of drug-likeness (QED) is 0.478. The smallest absolute Gasteiger partial charge is 0.243 e. The van der Waals surface area contributed by atoms with Crippen LogP contribution in [0.25, 0.3) is 0 Å². The van der Waals surface area contributed by atoms with Gasteiger partial charge in [0.05, 0.1) is 6.42 Å². The Kier molecular flexibility index (Phi) is 7.25. The average Bonchev–Trinajstić information content (AvgIpc) is 2.74. The van der Waals surface area contributed by atoms with Crippen molar-refractivity contribution in [3.8, 4) is 0 Å². The van der Waals surface area contributed by atoms with Crippen LogP contribution >= 0.6 is 0 Å². The fraction of sp³-hybridized carbons (Fsp3) is 0.333. The number of rotatable bonds is 8. The van der Waals surface area contributed by atoms with Crippen molar-refractivity contribution in [2.24, 2.45) is 5.73 Å². The lowest BCUT2D eigenvalue weighted by atomic mass is 9.99. The molecule has 0 radical (unpaired) electrons. The number of piperazine rings is 1. The van der Waals surface area contributed by atoms with E-state index >= 15 is 0 Å².